The average molecular weight is 616 g/mol. The molecule has 0 saturated carbocycles. The molecule has 1 aromatic heterocycles. The van der Waals surface area contributed by atoms with Crippen LogP contribution in [0.1, 0.15) is 40.7 Å². The van der Waals surface area contributed by atoms with Gasteiger partial charge in [-0.05, 0) is 26.0 Å². The molecular weight excluding hydrogens is 586 g/mol. The average Bonchev–Trinajstić information content (AvgIpc) is 3.31. The Bertz CT molecular complexity index is 1250. The number of carbonyl (C=O) groups is 9. The van der Waals surface area contributed by atoms with E-state index in [-0.39, 0.29) is 0 Å². The fourth-order valence-electron chi connectivity index (χ4n) is 3.14. The van der Waals surface area contributed by atoms with Crippen molar-refractivity contribution in [2.75, 3.05) is 6.54 Å². The van der Waals surface area contributed by atoms with Crippen molar-refractivity contribution in [2.24, 2.45) is 0 Å². The van der Waals surface area contributed by atoms with E-state index in [1.54, 1.807) is 13.0 Å². The summed E-state index contributed by atoms with van der Waals surface area (Å²) in [6.07, 6.45) is -3.02. The van der Waals surface area contributed by atoms with E-state index in [0.717, 1.165) is 23.1 Å². The second kappa shape index (κ2) is 16.3. The summed E-state index contributed by atoms with van der Waals surface area (Å²) in [4.78, 5) is 108. The Balaban J connectivity index is 2.90. The zero-order valence-electron chi connectivity index (χ0n) is 22.2. The molecule has 0 aromatic carbocycles. The maximum atomic E-state index is 12.8. The van der Waals surface area contributed by atoms with E-state index in [2.05, 4.69) is 10.6 Å². The van der Waals surface area contributed by atoms with Gasteiger partial charge in [-0.1, -0.05) is 0 Å². The lowest BCUT2D eigenvalue weighted by Gasteiger charge is -2.23. The molecule has 230 valence electrons. The predicted molar refractivity (Wildman–Crippen MR) is 139 cm³/mol. The fraction of sp³-hybridized carbons (Fsp3) is 0.435. The van der Waals surface area contributed by atoms with E-state index in [1.165, 1.54) is 6.07 Å². The van der Waals surface area contributed by atoms with Crippen molar-refractivity contribution in [1.82, 2.24) is 26.6 Å². The van der Waals surface area contributed by atoms with Crippen LogP contribution in [0.15, 0.2) is 12.1 Å². The number of thiophene rings is 1. The number of hydrogen-bond acceptors (Lipinski definition) is 10. The maximum absolute atomic E-state index is 12.8. The lowest BCUT2D eigenvalue weighted by Crippen LogP contribution is -2.58. The van der Waals surface area contributed by atoms with Crippen molar-refractivity contribution in [3.8, 4) is 0 Å². The second-order valence-corrected chi connectivity index (χ2v) is 9.99. The molecule has 42 heavy (non-hydrogen) atoms. The third kappa shape index (κ3) is 12.4. The zero-order chi connectivity index (χ0) is 32.1. The fourth-order valence-corrected chi connectivity index (χ4v) is 3.92. The molecule has 0 saturated heterocycles. The SMILES string of the molecule is Cc1ccc(C(=O)NCC(=O)N[C@@H](CC(=O)O)C(=O)N[C@@H](CC(=O)O)C(=O)N[C@@H](C)C(=O)N[C@@H](CC(=O)O)C(=O)O)s1. The Morgan fingerprint density at radius 2 is 1.17 bits per heavy atom. The molecule has 0 aliphatic carbocycles. The van der Waals surface area contributed by atoms with Crippen LogP contribution in [0.4, 0.5) is 0 Å². The van der Waals surface area contributed by atoms with Gasteiger partial charge in [-0.15, -0.1) is 11.3 Å². The van der Waals surface area contributed by atoms with Gasteiger partial charge in [0.2, 0.25) is 23.6 Å². The molecule has 0 radical (unpaired) electrons. The number of carboxylic acids is 4. The molecule has 0 unspecified atom stereocenters. The molecule has 0 aliphatic heterocycles. The van der Waals surface area contributed by atoms with Crippen LogP contribution in [0, 0.1) is 6.92 Å². The van der Waals surface area contributed by atoms with E-state index in [4.69, 9.17) is 20.4 Å². The van der Waals surface area contributed by atoms with Gasteiger partial charge in [0.05, 0.1) is 30.7 Å². The van der Waals surface area contributed by atoms with Gasteiger partial charge in [0.15, 0.2) is 0 Å². The number of nitrogens with one attached hydrogen (secondary N) is 5. The summed E-state index contributed by atoms with van der Waals surface area (Å²) in [5, 5.41) is 46.4. The summed E-state index contributed by atoms with van der Waals surface area (Å²) >= 11 is 1.15. The lowest BCUT2D eigenvalue weighted by atomic mass is 10.1. The van der Waals surface area contributed by atoms with E-state index < -0.39 is 103 Å². The first kappa shape index (κ1) is 35.0. The Labute approximate surface area is 240 Å². The molecular formula is C23H29N5O13S. The Hall–Kier alpha value is -5.07. The second-order valence-electron chi connectivity index (χ2n) is 8.70. The third-order valence-electron chi connectivity index (χ3n) is 5.16. The van der Waals surface area contributed by atoms with Crippen LogP contribution in [0.3, 0.4) is 0 Å². The number of rotatable bonds is 17. The Morgan fingerprint density at radius 1 is 0.690 bits per heavy atom. The quantitative estimate of drug-likeness (QED) is 0.0860. The van der Waals surface area contributed by atoms with Gasteiger partial charge in [0.25, 0.3) is 5.91 Å². The Kier molecular flexibility index (Phi) is 13.5. The minimum absolute atomic E-state index is 0.297. The highest BCUT2D eigenvalue weighted by atomic mass is 32.1. The topological polar surface area (TPSA) is 295 Å². The summed E-state index contributed by atoms with van der Waals surface area (Å²) in [7, 11) is 0. The highest BCUT2D eigenvalue weighted by Crippen LogP contribution is 2.14. The number of aryl methyl sites for hydroxylation is 1. The number of carbonyl (C=O) groups excluding carboxylic acids is 5. The summed E-state index contributed by atoms with van der Waals surface area (Å²) < 4.78 is 0. The van der Waals surface area contributed by atoms with E-state index in [9.17, 15) is 43.2 Å². The molecule has 1 rings (SSSR count). The molecule has 19 heteroatoms. The van der Waals surface area contributed by atoms with E-state index >= 15 is 0 Å². The van der Waals surface area contributed by atoms with E-state index in [1.807, 2.05) is 16.0 Å². The lowest BCUT2D eigenvalue weighted by molar-refractivity contribution is -0.147. The van der Waals surface area contributed by atoms with Gasteiger partial charge in [-0.25, -0.2) is 4.79 Å². The smallest absolute Gasteiger partial charge is 0.326 e. The van der Waals surface area contributed by atoms with Crippen LogP contribution in [-0.2, 0) is 38.4 Å². The third-order valence-corrected chi connectivity index (χ3v) is 6.16. The minimum atomic E-state index is -1.89. The van der Waals surface area contributed by atoms with Crippen LogP contribution in [0.2, 0.25) is 0 Å². The predicted octanol–water partition coefficient (Wildman–Crippen LogP) is -2.75. The summed E-state index contributed by atoms with van der Waals surface area (Å²) in [6.45, 7) is 2.17. The molecule has 4 atom stereocenters. The Morgan fingerprint density at radius 3 is 1.64 bits per heavy atom. The maximum Gasteiger partial charge on any atom is 0.326 e. The summed E-state index contributed by atoms with van der Waals surface area (Å²) in [5.74, 6) is -11.6. The number of aliphatic carboxylic acids is 4. The van der Waals surface area contributed by atoms with Gasteiger partial charge in [0, 0.05) is 4.88 Å². The number of hydrogen-bond donors (Lipinski definition) is 9. The largest absolute Gasteiger partial charge is 0.481 e. The van der Waals surface area contributed by atoms with Crippen molar-refractivity contribution in [1.29, 1.82) is 0 Å². The van der Waals surface area contributed by atoms with Gasteiger partial charge in [0.1, 0.15) is 24.2 Å². The monoisotopic (exact) mass is 615 g/mol. The first-order chi connectivity index (χ1) is 19.5. The van der Waals surface area contributed by atoms with Gasteiger partial charge in [-0.2, -0.15) is 0 Å². The minimum Gasteiger partial charge on any atom is -0.481 e. The molecule has 1 aromatic rings. The number of carboxylic acid groups (broad SMARTS) is 4. The van der Waals surface area contributed by atoms with Crippen molar-refractivity contribution < 1.29 is 63.6 Å². The standard InChI is InChI=1S/C23H29N5O13S/c1-9-3-4-14(42-9)22(39)24-8-15(29)26-11(5-16(30)31)21(38)27-12(6-17(32)33)20(37)25-10(2)19(36)28-13(23(40)41)7-18(34)35/h3-4,10-13H,5-8H2,1-2H3,(H,24,39)(H,25,37)(H,26,29)(H,27,38)(H,28,36)(H,30,31)(H,32,33)(H,34,35)(H,40,41)/t10-,11-,12-,13-/m0/s1. The molecule has 9 N–H and O–H groups in total. The zero-order valence-corrected chi connectivity index (χ0v) is 23.0. The number of amides is 5. The highest BCUT2D eigenvalue weighted by Gasteiger charge is 2.32. The molecule has 1 heterocycles. The van der Waals surface area contributed by atoms with Crippen molar-refractivity contribution in [2.45, 2.75) is 57.3 Å². The van der Waals surface area contributed by atoms with Crippen molar-refractivity contribution >= 4 is 64.7 Å². The normalized spacial score (nSPS) is 13.3. The van der Waals surface area contributed by atoms with Crippen molar-refractivity contribution in [3.05, 3.63) is 21.9 Å². The molecule has 0 fully saturated rings. The first-order valence-electron chi connectivity index (χ1n) is 11.9. The molecule has 0 bridgehead atoms. The van der Waals surface area contributed by atoms with Gasteiger partial charge in [-0.3, -0.25) is 38.4 Å². The highest BCUT2D eigenvalue weighted by molar-refractivity contribution is 7.13. The molecule has 0 spiro atoms. The van der Waals surface area contributed by atoms with Crippen LogP contribution >= 0.6 is 11.3 Å². The molecule has 5 amide bonds. The molecule has 0 aliphatic rings. The van der Waals surface area contributed by atoms with Crippen LogP contribution < -0.4 is 26.6 Å². The molecule has 18 nitrogen and oxygen atoms in total. The summed E-state index contributed by atoms with van der Waals surface area (Å²) in [6, 6.07) is -3.89. The van der Waals surface area contributed by atoms with Crippen LogP contribution in [-0.4, -0.2) is 105 Å². The summed E-state index contributed by atoms with van der Waals surface area (Å²) in [5.41, 5.74) is 0. The van der Waals surface area contributed by atoms with Gasteiger partial charge < -0.3 is 47.0 Å². The van der Waals surface area contributed by atoms with Crippen LogP contribution in [0.5, 0.6) is 0 Å². The van der Waals surface area contributed by atoms with Crippen LogP contribution in [0.25, 0.3) is 0 Å². The van der Waals surface area contributed by atoms with Gasteiger partial charge >= 0.3 is 23.9 Å². The van der Waals surface area contributed by atoms with Crippen molar-refractivity contribution in [3.63, 3.8) is 0 Å². The first-order valence-corrected chi connectivity index (χ1v) is 12.7. The van der Waals surface area contributed by atoms with E-state index in [0.29, 0.717) is 4.88 Å².